The summed E-state index contributed by atoms with van der Waals surface area (Å²) in [5.41, 5.74) is 7.95. The van der Waals surface area contributed by atoms with Gasteiger partial charge in [0.1, 0.15) is 0 Å². The van der Waals surface area contributed by atoms with Gasteiger partial charge in [-0.2, -0.15) is 0 Å². The lowest BCUT2D eigenvalue weighted by Crippen LogP contribution is -2.39. The van der Waals surface area contributed by atoms with Gasteiger partial charge in [0.15, 0.2) is 17.5 Å². The van der Waals surface area contributed by atoms with Crippen LogP contribution in [0.2, 0.25) is 0 Å². The van der Waals surface area contributed by atoms with Gasteiger partial charge >= 0.3 is 6.03 Å². The highest BCUT2D eigenvalue weighted by Gasteiger charge is 2.26. The minimum absolute atomic E-state index is 0.0320. The van der Waals surface area contributed by atoms with Crippen LogP contribution in [0.15, 0.2) is 4.99 Å². The average molecular weight is 380 g/mol. The number of carbonyl (C=O) groups excluding carboxylic acids is 1. The number of urea groups is 1. The molecule has 0 aliphatic carbocycles. The largest absolute Gasteiger partial charge is 0.489 e. The molecule has 0 spiro atoms. The molecule has 0 radical (unpaired) electrons. The van der Waals surface area contributed by atoms with Gasteiger partial charge in [-0.05, 0) is 33.6 Å². The minimum atomic E-state index is -0.475. The Morgan fingerprint density at radius 2 is 1.33 bits per heavy atom. The summed E-state index contributed by atoms with van der Waals surface area (Å²) in [6.07, 6.45) is 1.28. The van der Waals surface area contributed by atoms with Gasteiger partial charge in [0.2, 0.25) is 5.75 Å². The fraction of sp³-hybridized carbons (Fsp3) is 0.579. The Morgan fingerprint density at radius 1 is 0.889 bits per heavy atom. The van der Waals surface area contributed by atoms with Crippen molar-refractivity contribution >= 4 is 17.7 Å². The minimum Gasteiger partial charge on any atom is -0.489 e. The summed E-state index contributed by atoms with van der Waals surface area (Å²) in [5.74, 6) is 1.80. The van der Waals surface area contributed by atoms with Gasteiger partial charge in [-0.25, -0.2) is 4.79 Å². The molecule has 0 unspecified atom stereocenters. The second kappa shape index (κ2) is 11.2. The van der Waals surface area contributed by atoms with Crippen LogP contribution >= 0.6 is 0 Å². The number of ether oxygens (including phenoxy) is 3. The van der Waals surface area contributed by atoms with Crippen LogP contribution < -0.4 is 30.6 Å². The van der Waals surface area contributed by atoms with Crippen molar-refractivity contribution in [2.75, 3.05) is 32.2 Å². The number of hydrogen-bond donors (Lipinski definition) is 3. The maximum absolute atomic E-state index is 12.4. The lowest BCUT2D eigenvalue weighted by Gasteiger charge is -2.25. The number of carbonyl (C=O) groups is 1. The predicted octanol–water partition coefficient (Wildman–Crippen LogP) is 3.07. The fourth-order valence-corrected chi connectivity index (χ4v) is 2.80. The van der Waals surface area contributed by atoms with E-state index in [1.54, 1.807) is 0 Å². The van der Waals surface area contributed by atoms with E-state index in [2.05, 4.69) is 15.6 Å². The first-order valence-corrected chi connectivity index (χ1v) is 9.38. The number of aliphatic imine (C=N–C) groups is 1. The summed E-state index contributed by atoms with van der Waals surface area (Å²) in [6, 6.07) is -0.475. The molecular formula is C19H32N4O4. The van der Waals surface area contributed by atoms with Gasteiger partial charge in [-0.3, -0.25) is 10.3 Å². The van der Waals surface area contributed by atoms with Crippen LogP contribution in [0.25, 0.3) is 0 Å². The van der Waals surface area contributed by atoms with Crippen molar-refractivity contribution in [1.82, 2.24) is 5.32 Å². The third kappa shape index (κ3) is 5.42. The average Bonchev–Trinajstić information content (AvgIpc) is 2.65. The van der Waals surface area contributed by atoms with E-state index in [0.717, 1.165) is 11.1 Å². The fourth-order valence-electron chi connectivity index (χ4n) is 2.80. The lowest BCUT2D eigenvalue weighted by molar-refractivity contribution is 0.255. The molecule has 0 aliphatic rings. The zero-order valence-electron chi connectivity index (χ0n) is 17.2. The van der Waals surface area contributed by atoms with E-state index in [0.29, 0.717) is 55.6 Å². The SMILES string of the molecule is CCOc1c(CC)c(NC(=O)NC(N)=NC)c(CC)c(OCC)c1OCC. The number of nitrogens with zero attached hydrogens (tertiary/aromatic N) is 1. The molecule has 152 valence electrons. The van der Waals surface area contributed by atoms with Crippen molar-refractivity contribution in [2.45, 2.75) is 47.5 Å². The molecule has 0 saturated carbocycles. The molecule has 0 atom stereocenters. The van der Waals surface area contributed by atoms with Gasteiger partial charge in [0.25, 0.3) is 0 Å². The maximum atomic E-state index is 12.4. The maximum Gasteiger partial charge on any atom is 0.326 e. The molecule has 2 amide bonds. The van der Waals surface area contributed by atoms with Crippen LogP contribution in [0, 0.1) is 0 Å². The molecule has 4 N–H and O–H groups in total. The van der Waals surface area contributed by atoms with Gasteiger partial charge in [-0.15, -0.1) is 0 Å². The quantitative estimate of drug-likeness (QED) is 0.451. The number of nitrogens with two attached hydrogens (primary N) is 1. The third-order valence-electron chi connectivity index (χ3n) is 3.86. The predicted molar refractivity (Wildman–Crippen MR) is 108 cm³/mol. The van der Waals surface area contributed by atoms with E-state index in [-0.39, 0.29) is 5.96 Å². The number of benzene rings is 1. The molecule has 8 heteroatoms. The monoisotopic (exact) mass is 380 g/mol. The molecule has 0 aliphatic heterocycles. The molecule has 1 rings (SSSR count). The van der Waals surface area contributed by atoms with E-state index >= 15 is 0 Å². The first-order chi connectivity index (χ1) is 13.0. The smallest absolute Gasteiger partial charge is 0.326 e. The van der Waals surface area contributed by atoms with E-state index in [9.17, 15) is 4.79 Å². The van der Waals surface area contributed by atoms with Crippen molar-refractivity contribution in [3.05, 3.63) is 11.1 Å². The Hall–Kier alpha value is -2.64. The third-order valence-corrected chi connectivity index (χ3v) is 3.86. The zero-order valence-corrected chi connectivity index (χ0v) is 17.2. The second-order valence-corrected chi connectivity index (χ2v) is 5.51. The molecule has 8 nitrogen and oxygen atoms in total. The van der Waals surface area contributed by atoms with Crippen molar-refractivity contribution in [1.29, 1.82) is 0 Å². The number of anilines is 1. The van der Waals surface area contributed by atoms with Crippen molar-refractivity contribution in [2.24, 2.45) is 10.7 Å². The Labute approximate surface area is 161 Å². The first-order valence-electron chi connectivity index (χ1n) is 9.38. The lowest BCUT2D eigenvalue weighted by atomic mass is 9.99. The molecule has 1 aromatic rings. The number of nitrogens with one attached hydrogen (secondary N) is 2. The van der Waals surface area contributed by atoms with Gasteiger partial charge in [-0.1, -0.05) is 13.8 Å². The molecule has 27 heavy (non-hydrogen) atoms. The van der Waals surface area contributed by atoms with Crippen LogP contribution in [0.5, 0.6) is 17.2 Å². The van der Waals surface area contributed by atoms with Crippen LogP contribution in [-0.2, 0) is 12.8 Å². The van der Waals surface area contributed by atoms with E-state index in [1.807, 2.05) is 34.6 Å². The highest BCUT2D eigenvalue weighted by Crippen LogP contribution is 2.48. The van der Waals surface area contributed by atoms with E-state index in [4.69, 9.17) is 19.9 Å². The number of rotatable bonds is 9. The van der Waals surface area contributed by atoms with Crippen LogP contribution in [0.4, 0.5) is 10.5 Å². The molecule has 1 aromatic carbocycles. The summed E-state index contributed by atoms with van der Waals surface area (Å²) in [5, 5.41) is 5.37. The Balaban J connectivity index is 3.64. The molecule has 0 aromatic heterocycles. The molecule has 0 bridgehead atoms. The van der Waals surface area contributed by atoms with Crippen LogP contribution in [-0.4, -0.2) is 38.9 Å². The summed E-state index contributed by atoms with van der Waals surface area (Å²) >= 11 is 0. The summed E-state index contributed by atoms with van der Waals surface area (Å²) in [6.45, 7) is 11.1. The van der Waals surface area contributed by atoms with E-state index < -0.39 is 6.03 Å². The van der Waals surface area contributed by atoms with E-state index in [1.165, 1.54) is 7.05 Å². The Morgan fingerprint density at radius 3 is 1.70 bits per heavy atom. The number of hydrogen-bond acceptors (Lipinski definition) is 5. The number of guanidine groups is 1. The van der Waals surface area contributed by atoms with Crippen LogP contribution in [0.3, 0.4) is 0 Å². The highest BCUT2D eigenvalue weighted by atomic mass is 16.5. The molecule has 0 fully saturated rings. The molecule has 0 saturated heterocycles. The normalized spacial score (nSPS) is 11.1. The molecule has 0 heterocycles. The first kappa shape index (κ1) is 22.4. The standard InChI is InChI=1S/C19H32N4O4/c1-7-12-14(22-19(24)23-18(20)21-6)13(8-2)16(26-10-4)17(27-11-5)15(12)25-9-3/h7-11H2,1-6H3,(H4,20,21,22,23,24). The molecular weight excluding hydrogens is 348 g/mol. The highest BCUT2D eigenvalue weighted by molar-refractivity contribution is 6.03. The Bertz CT molecular complexity index is 639. The number of amides is 2. The topological polar surface area (TPSA) is 107 Å². The summed E-state index contributed by atoms with van der Waals surface area (Å²) in [4.78, 5) is 16.1. The Kier molecular flexibility index (Phi) is 9.25. The van der Waals surface area contributed by atoms with Gasteiger partial charge in [0, 0.05) is 18.2 Å². The van der Waals surface area contributed by atoms with Crippen LogP contribution in [0.1, 0.15) is 45.7 Å². The summed E-state index contributed by atoms with van der Waals surface area (Å²) in [7, 11) is 1.50. The van der Waals surface area contributed by atoms with Crippen molar-refractivity contribution in [3.63, 3.8) is 0 Å². The van der Waals surface area contributed by atoms with Gasteiger partial charge < -0.3 is 25.3 Å². The summed E-state index contributed by atoms with van der Waals surface area (Å²) < 4.78 is 17.7. The zero-order chi connectivity index (χ0) is 20.4. The van der Waals surface area contributed by atoms with Crippen molar-refractivity contribution < 1.29 is 19.0 Å². The second-order valence-electron chi connectivity index (χ2n) is 5.51. The van der Waals surface area contributed by atoms with Crippen molar-refractivity contribution in [3.8, 4) is 17.2 Å². The van der Waals surface area contributed by atoms with Gasteiger partial charge in [0.05, 0.1) is 25.5 Å².